The number of aromatic amines is 1. The SMILES string of the molecule is O=C1N[C@@H]2C(=C[C@H](O)[C@@H](O)[C@H]2O)c2[nH]c3c(c(=O)c21)OCO3. The lowest BCUT2D eigenvalue weighted by atomic mass is 9.82. The second-order valence-electron chi connectivity index (χ2n) is 5.31. The Bertz CT molecular complexity index is 768. The zero-order valence-electron chi connectivity index (χ0n) is 11.1. The number of ether oxygens (including phenoxy) is 2. The fourth-order valence-electron chi connectivity index (χ4n) is 2.96. The van der Waals surface area contributed by atoms with Crippen LogP contribution < -0.4 is 20.2 Å². The summed E-state index contributed by atoms with van der Waals surface area (Å²) < 4.78 is 10.2. The van der Waals surface area contributed by atoms with E-state index in [1.54, 1.807) is 0 Å². The topological polar surface area (TPSA) is 141 Å². The molecule has 9 heteroatoms. The number of nitrogens with one attached hydrogen (secondary N) is 2. The number of aliphatic hydroxyl groups is 3. The van der Waals surface area contributed by atoms with E-state index in [-0.39, 0.29) is 29.7 Å². The number of carbonyl (C=O) groups is 1. The van der Waals surface area contributed by atoms with Crippen LogP contribution in [0, 0.1) is 0 Å². The number of hydrogen-bond donors (Lipinski definition) is 5. The maximum absolute atomic E-state index is 12.3. The van der Waals surface area contributed by atoms with E-state index in [1.165, 1.54) is 6.08 Å². The summed E-state index contributed by atoms with van der Waals surface area (Å²) in [6, 6.07) is -0.936. The van der Waals surface area contributed by atoms with Crippen LogP contribution in [0.1, 0.15) is 16.1 Å². The zero-order valence-corrected chi connectivity index (χ0v) is 11.1. The van der Waals surface area contributed by atoms with Crippen molar-refractivity contribution in [1.29, 1.82) is 0 Å². The molecule has 0 radical (unpaired) electrons. The summed E-state index contributed by atoms with van der Waals surface area (Å²) in [6.07, 6.45) is -2.87. The Morgan fingerprint density at radius 2 is 1.91 bits per heavy atom. The number of fused-ring (bicyclic) bond motifs is 4. The monoisotopic (exact) mass is 308 g/mol. The first-order valence-electron chi connectivity index (χ1n) is 6.62. The van der Waals surface area contributed by atoms with E-state index >= 15 is 0 Å². The van der Waals surface area contributed by atoms with Gasteiger partial charge >= 0.3 is 0 Å². The fraction of sp³-hybridized carbons (Fsp3) is 0.385. The van der Waals surface area contributed by atoms with Gasteiger partial charge in [0.15, 0.2) is 0 Å². The number of aliphatic hydroxyl groups excluding tert-OH is 3. The molecule has 3 aliphatic rings. The molecule has 9 nitrogen and oxygen atoms in total. The van der Waals surface area contributed by atoms with E-state index < -0.39 is 35.7 Å². The van der Waals surface area contributed by atoms with Crippen LogP contribution in [0.2, 0.25) is 0 Å². The van der Waals surface area contributed by atoms with Gasteiger partial charge in [0, 0.05) is 5.57 Å². The molecule has 0 saturated heterocycles. The maximum atomic E-state index is 12.3. The number of pyridine rings is 1. The fourth-order valence-corrected chi connectivity index (χ4v) is 2.96. The molecule has 5 N–H and O–H groups in total. The van der Waals surface area contributed by atoms with E-state index in [9.17, 15) is 24.9 Å². The molecule has 1 aliphatic carbocycles. The van der Waals surface area contributed by atoms with Crippen molar-refractivity contribution in [2.24, 2.45) is 0 Å². The lowest BCUT2D eigenvalue weighted by Gasteiger charge is -2.38. The normalized spacial score (nSPS) is 32.0. The van der Waals surface area contributed by atoms with Crippen LogP contribution in [0.4, 0.5) is 0 Å². The van der Waals surface area contributed by atoms with Crippen molar-refractivity contribution in [3.8, 4) is 11.6 Å². The van der Waals surface area contributed by atoms with E-state index in [2.05, 4.69) is 10.3 Å². The Kier molecular flexibility index (Phi) is 2.61. The van der Waals surface area contributed by atoms with Gasteiger partial charge in [0.25, 0.3) is 5.91 Å². The summed E-state index contributed by atoms with van der Waals surface area (Å²) >= 11 is 0. The van der Waals surface area contributed by atoms with Gasteiger partial charge < -0.3 is 35.1 Å². The highest BCUT2D eigenvalue weighted by Gasteiger charge is 2.44. The molecule has 4 rings (SSSR count). The third-order valence-electron chi connectivity index (χ3n) is 4.06. The Hall–Kier alpha value is -2.36. The second kappa shape index (κ2) is 4.32. The van der Waals surface area contributed by atoms with Crippen molar-refractivity contribution < 1.29 is 29.6 Å². The molecule has 2 aliphatic heterocycles. The van der Waals surface area contributed by atoms with Crippen LogP contribution in [0.3, 0.4) is 0 Å². The average molecular weight is 308 g/mol. The number of amides is 1. The molecule has 1 amide bonds. The molecule has 1 aromatic heterocycles. The van der Waals surface area contributed by atoms with Gasteiger partial charge in [-0.1, -0.05) is 0 Å². The highest BCUT2D eigenvalue weighted by atomic mass is 16.7. The molecular weight excluding hydrogens is 296 g/mol. The first kappa shape index (κ1) is 13.3. The lowest BCUT2D eigenvalue weighted by Crippen LogP contribution is -2.58. The van der Waals surface area contributed by atoms with Crippen LogP contribution in [0.5, 0.6) is 11.6 Å². The lowest BCUT2D eigenvalue weighted by molar-refractivity contribution is -0.0535. The number of rotatable bonds is 0. The van der Waals surface area contributed by atoms with Crippen molar-refractivity contribution in [3.63, 3.8) is 0 Å². The van der Waals surface area contributed by atoms with Gasteiger partial charge in [-0.15, -0.1) is 0 Å². The smallest absolute Gasteiger partial charge is 0.258 e. The van der Waals surface area contributed by atoms with E-state index in [1.807, 2.05) is 0 Å². The van der Waals surface area contributed by atoms with Crippen LogP contribution >= 0.6 is 0 Å². The molecule has 4 atom stereocenters. The van der Waals surface area contributed by atoms with Crippen LogP contribution in [0.15, 0.2) is 10.9 Å². The Labute approximate surface area is 122 Å². The Morgan fingerprint density at radius 3 is 2.68 bits per heavy atom. The molecule has 0 aromatic carbocycles. The predicted octanol–water partition coefficient (Wildman–Crippen LogP) is -2.30. The highest BCUT2D eigenvalue weighted by Crippen LogP contribution is 2.36. The quantitative estimate of drug-likeness (QED) is 0.363. The molecule has 0 unspecified atom stereocenters. The molecule has 116 valence electrons. The van der Waals surface area contributed by atoms with Crippen molar-refractivity contribution >= 4 is 11.5 Å². The van der Waals surface area contributed by atoms with Crippen molar-refractivity contribution in [2.75, 3.05) is 6.79 Å². The van der Waals surface area contributed by atoms with Crippen molar-refractivity contribution in [2.45, 2.75) is 24.4 Å². The zero-order chi connectivity index (χ0) is 15.6. The number of hydrogen-bond acceptors (Lipinski definition) is 7. The molecule has 0 bridgehead atoms. The minimum absolute atomic E-state index is 0.0788. The largest absolute Gasteiger partial charge is 0.448 e. The van der Waals surface area contributed by atoms with Gasteiger partial charge in [-0.25, -0.2) is 0 Å². The number of H-pyrrole nitrogens is 1. The molecule has 22 heavy (non-hydrogen) atoms. The van der Waals surface area contributed by atoms with Gasteiger partial charge in [0.2, 0.25) is 23.9 Å². The molecule has 0 fully saturated rings. The van der Waals surface area contributed by atoms with E-state index in [0.717, 1.165) is 0 Å². The van der Waals surface area contributed by atoms with Crippen LogP contribution in [-0.2, 0) is 0 Å². The molecular formula is C13H12N2O7. The van der Waals surface area contributed by atoms with Gasteiger partial charge in [0.1, 0.15) is 23.9 Å². The average Bonchev–Trinajstić information content (AvgIpc) is 2.95. The summed E-state index contributed by atoms with van der Waals surface area (Å²) in [5, 5.41) is 32.0. The van der Waals surface area contributed by atoms with Crippen LogP contribution in [-0.4, -0.2) is 57.4 Å². The minimum atomic E-state index is -1.43. The highest BCUT2D eigenvalue weighted by molar-refractivity contribution is 6.03. The summed E-state index contributed by atoms with van der Waals surface area (Å²) in [5.41, 5.74) is -0.348. The Balaban J connectivity index is 1.98. The third-order valence-corrected chi connectivity index (χ3v) is 4.06. The van der Waals surface area contributed by atoms with Gasteiger partial charge in [-0.05, 0) is 6.08 Å². The van der Waals surface area contributed by atoms with Gasteiger partial charge in [0.05, 0.1) is 11.7 Å². The Morgan fingerprint density at radius 1 is 1.14 bits per heavy atom. The van der Waals surface area contributed by atoms with E-state index in [0.29, 0.717) is 5.57 Å². The molecule has 0 spiro atoms. The standard InChI is InChI=1S/C13H12N2O7/c16-4-1-3-6-5(9(18)11-13(15-6)22-2-21-11)12(20)14-7(3)10(19)8(4)17/h1,4,7-8,10,16-17,19H,2H2,(H,14,20)(H,15,18)/t4-,7+,8+,10-/m0/s1. The van der Waals surface area contributed by atoms with Crippen molar-refractivity contribution in [1.82, 2.24) is 10.3 Å². The summed E-state index contributed by atoms with van der Waals surface area (Å²) in [4.78, 5) is 27.3. The molecule has 3 heterocycles. The molecule has 1 aromatic rings. The first-order valence-corrected chi connectivity index (χ1v) is 6.62. The molecule has 0 saturated carbocycles. The second-order valence-corrected chi connectivity index (χ2v) is 5.31. The summed E-state index contributed by atoms with van der Waals surface area (Å²) in [7, 11) is 0. The summed E-state index contributed by atoms with van der Waals surface area (Å²) in [6.45, 7) is -0.141. The number of carbonyl (C=O) groups excluding carboxylic acids is 1. The first-order chi connectivity index (χ1) is 10.5. The van der Waals surface area contributed by atoms with E-state index in [4.69, 9.17) is 9.47 Å². The predicted molar refractivity (Wildman–Crippen MR) is 70.4 cm³/mol. The summed E-state index contributed by atoms with van der Waals surface area (Å²) in [5.74, 6) is -0.683. The van der Waals surface area contributed by atoms with Gasteiger partial charge in [-0.2, -0.15) is 0 Å². The number of aromatic nitrogens is 1. The third kappa shape index (κ3) is 1.58. The van der Waals surface area contributed by atoms with Crippen LogP contribution in [0.25, 0.3) is 5.57 Å². The van der Waals surface area contributed by atoms with Crippen molar-refractivity contribution in [3.05, 3.63) is 27.6 Å². The minimum Gasteiger partial charge on any atom is -0.448 e. The van der Waals surface area contributed by atoms with Gasteiger partial charge in [-0.3, -0.25) is 9.59 Å². The maximum Gasteiger partial charge on any atom is 0.258 e.